The average molecular weight is 460 g/mol. The van der Waals surface area contributed by atoms with Crippen molar-refractivity contribution in [1.82, 2.24) is 0 Å². The predicted octanol–water partition coefficient (Wildman–Crippen LogP) is 4.88. The van der Waals surface area contributed by atoms with Gasteiger partial charge < -0.3 is 0 Å². The molecular weight excluding hydrogens is 446 g/mol. The second-order valence-electron chi connectivity index (χ2n) is 4.06. The Labute approximate surface area is 133 Å². The van der Waals surface area contributed by atoms with Crippen LogP contribution in [0.1, 0.15) is 24.2 Å². The Hall–Kier alpha value is 0.640. The van der Waals surface area contributed by atoms with E-state index in [4.69, 9.17) is 43.2 Å². The standard InChI is InChI=1S/C12H14Cl4O2Te/c1-8(13)11(9(2)19(14,15)16)18-12(17)10-6-4-3-5-7-10/h3-9,11H,1-2H3/t8-,9+,11-/m1/s1. The summed E-state index contributed by atoms with van der Waals surface area (Å²) in [5, 5.41) is -0.426. The fourth-order valence-corrected chi connectivity index (χ4v) is 5.76. The van der Waals surface area contributed by atoms with Gasteiger partial charge in [-0.05, 0) is 0 Å². The zero-order chi connectivity index (χ0) is 14.6. The fourth-order valence-electron chi connectivity index (χ4n) is 1.48. The first-order valence-electron chi connectivity index (χ1n) is 5.54. The molecule has 0 saturated heterocycles. The van der Waals surface area contributed by atoms with E-state index in [1.807, 2.05) is 6.07 Å². The molecule has 108 valence electrons. The molecule has 1 aromatic rings. The van der Waals surface area contributed by atoms with Gasteiger partial charge in [-0.3, -0.25) is 0 Å². The maximum absolute atomic E-state index is 12.0. The molecular formula is C12H14Cl4O2Te. The predicted molar refractivity (Wildman–Crippen MR) is 83.7 cm³/mol. The third-order valence-electron chi connectivity index (χ3n) is 2.59. The van der Waals surface area contributed by atoms with Crippen LogP contribution >= 0.6 is 38.5 Å². The van der Waals surface area contributed by atoms with Crippen molar-refractivity contribution in [1.29, 1.82) is 0 Å². The van der Waals surface area contributed by atoms with E-state index in [9.17, 15) is 4.79 Å². The number of alkyl halides is 1. The van der Waals surface area contributed by atoms with E-state index >= 15 is 0 Å². The number of rotatable bonds is 5. The van der Waals surface area contributed by atoms with Crippen LogP contribution in [0.4, 0.5) is 0 Å². The summed E-state index contributed by atoms with van der Waals surface area (Å²) in [4.78, 5) is 12.0. The fraction of sp³-hybridized carbons (Fsp3) is 0.417. The van der Waals surface area contributed by atoms with Gasteiger partial charge in [0.2, 0.25) is 0 Å². The molecule has 3 atom stereocenters. The molecule has 0 aromatic heterocycles. The molecule has 0 fully saturated rings. The first kappa shape index (κ1) is 17.7. The second kappa shape index (κ2) is 7.59. The second-order valence-corrected chi connectivity index (χ2v) is 22.4. The Morgan fingerprint density at radius 1 is 1.16 bits per heavy atom. The Morgan fingerprint density at radius 3 is 2.11 bits per heavy atom. The number of ether oxygens (including phenoxy) is 1. The van der Waals surface area contributed by atoms with E-state index in [0.717, 1.165) is 0 Å². The average Bonchev–Trinajstić information content (AvgIpc) is 2.34. The summed E-state index contributed by atoms with van der Waals surface area (Å²) in [6, 6.07) is 8.66. The van der Waals surface area contributed by atoms with Crippen molar-refractivity contribution in [2.24, 2.45) is 0 Å². The number of hydrogen-bond acceptors (Lipinski definition) is 2. The third kappa shape index (κ3) is 5.50. The molecule has 0 aliphatic heterocycles. The first-order chi connectivity index (χ1) is 8.73. The van der Waals surface area contributed by atoms with Gasteiger partial charge in [0.25, 0.3) is 0 Å². The molecule has 1 aromatic carbocycles. The molecule has 0 aliphatic rings. The van der Waals surface area contributed by atoms with Crippen LogP contribution in [0.2, 0.25) is 3.97 Å². The van der Waals surface area contributed by atoms with Gasteiger partial charge in [0, 0.05) is 0 Å². The number of esters is 1. The summed E-state index contributed by atoms with van der Waals surface area (Å²) in [6.45, 7) is 3.48. The van der Waals surface area contributed by atoms with Crippen molar-refractivity contribution in [2.75, 3.05) is 0 Å². The SMILES string of the molecule is C[C@@H](Cl)[C@@H](OC(=O)c1ccccc1)[C@H](C)[Te](Cl)(Cl)Cl. The molecule has 19 heavy (non-hydrogen) atoms. The number of benzene rings is 1. The van der Waals surface area contributed by atoms with Crippen LogP contribution in [0.15, 0.2) is 30.3 Å². The molecule has 0 radical (unpaired) electrons. The van der Waals surface area contributed by atoms with E-state index in [-0.39, 0.29) is 3.97 Å². The van der Waals surface area contributed by atoms with Crippen LogP contribution in [-0.4, -0.2) is 32.3 Å². The van der Waals surface area contributed by atoms with Gasteiger partial charge in [0.1, 0.15) is 0 Å². The van der Waals surface area contributed by atoms with Gasteiger partial charge in [-0.25, -0.2) is 0 Å². The van der Waals surface area contributed by atoms with Crippen LogP contribution in [0.5, 0.6) is 0 Å². The van der Waals surface area contributed by atoms with Crippen LogP contribution in [0.25, 0.3) is 0 Å². The van der Waals surface area contributed by atoms with Gasteiger partial charge in [0.15, 0.2) is 0 Å². The minimum atomic E-state index is -3.53. The Bertz CT molecular complexity index is 419. The van der Waals surface area contributed by atoms with E-state index < -0.39 is 32.3 Å². The maximum atomic E-state index is 12.0. The number of carbonyl (C=O) groups excluding carboxylic acids is 1. The van der Waals surface area contributed by atoms with E-state index in [2.05, 4.69) is 0 Å². The van der Waals surface area contributed by atoms with Gasteiger partial charge in [-0.2, -0.15) is 0 Å². The van der Waals surface area contributed by atoms with E-state index in [1.165, 1.54) is 0 Å². The van der Waals surface area contributed by atoms with Gasteiger partial charge in [-0.15, -0.1) is 0 Å². The van der Waals surface area contributed by atoms with Crippen molar-refractivity contribution in [3.05, 3.63) is 35.9 Å². The number of carbonyl (C=O) groups is 1. The molecule has 0 unspecified atom stereocenters. The van der Waals surface area contributed by atoms with Gasteiger partial charge >= 0.3 is 134 Å². The van der Waals surface area contributed by atoms with Crippen LogP contribution in [0, 0.1) is 0 Å². The van der Waals surface area contributed by atoms with Crippen molar-refractivity contribution >= 4 is 59.3 Å². The third-order valence-corrected chi connectivity index (χ3v) is 11.7. The van der Waals surface area contributed by atoms with Gasteiger partial charge in [-0.1, -0.05) is 0 Å². The van der Waals surface area contributed by atoms with E-state index in [0.29, 0.717) is 5.56 Å². The zero-order valence-electron chi connectivity index (χ0n) is 10.4. The zero-order valence-corrected chi connectivity index (χ0v) is 15.7. The summed E-state index contributed by atoms with van der Waals surface area (Å²) in [5.74, 6) is -0.456. The van der Waals surface area contributed by atoms with E-state index in [1.54, 1.807) is 38.1 Å². The molecule has 0 spiro atoms. The van der Waals surface area contributed by atoms with Crippen molar-refractivity contribution in [3.63, 3.8) is 0 Å². The topological polar surface area (TPSA) is 26.3 Å². The minimum absolute atomic E-state index is 0.340. The molecule has 0 saturated carbocycles. The normalized spacial score (nSPS) is 17.4. The van der Waals surface area contributed by atoms with Gasteiger partial charge in [0.05, 0.1) is 0 Å². The molecule has 0 heterocycles. The summed E-state index contributed by atoms with van der Waals surface area (Å²) in [7, 11) is 18.1. The van der Waals surface area contributed by atoms with Crippen molar-refractivity contribution < 1.29 is 9.53 Å². The summed E-state index contributed by atoms with van der Waals surface area (Å²) in [6.07, 6.45) is -0.608. The molecule has 7 heteroatoms. The molecule has 1 rings (SSSR count). The Kier molecular flexibility index (Phi) is 7.07. The molecule has 0 N–H and O–H groups in total. The molecule has 2 nitrogen and oxygen atoms in total. The van der Waals surface area contributed by atoms with Crippen LogP contribution < -0.4 is 0 Å². The Morgan fingerprint density at radius 2 is 1.68 bits per heavy atom. The monoisotopic (exact) mass is 460 g/mol. The first-order valence-corrected chi connectivity index (χ1v) is 16.2. The molecule has 0 amide bonds. The summed E-state index contributed by atoms with van der Waals surface area (Å²) < 4.78 is 5.07. The number of hydrogen-bond donors (Lipinski definition) is 0. The molecule has 0 aliphatic carbocycles. The number of halogens is 4. The van der Waals surface area contributed by atoms with Crippen molar-refractivity contribution in [2.45, 2.75) is 29.3 Å². The Balaban J connectivity index is 2.83. The summed E-state index contributed by atoms with van der Waals surface area (Å²) in [5.41, 5.74) is 0.453. The van der Waals surface area contributed by atoms with Crippen LogP contribution in [-0.2, 0) is 4.74 Å². The quantitative estimate of drug-likeness (QED) is 0.356. The molecule has 0 bridgehead atoms. The van der Waals surface area contributed by atoms with Crippen LogP contribution in [0.3, 0.4) is 0 Å². The summed E-state index contributed by atoms with van der Waals surface area (Å²) >= 11 is 2.52. The van der Waals surface area contributed by atoms with Crippen molar-refractivity contribution in [3.8, 4) is 0 Å².